The first-order valence-corrected chi connectivity index (χ1v) is 8.89. The van der Waals surface area contributed by atoms with Crippen LogP contribution < -0.4 is 5.73 Å². The van der Waals surface area contributed by atoms with E-state index in [9.17, 15) is 9.59 Å². The summed E-state index contributed by atoms with van der Waals surface area (Å²) in [6.45, 7) is 7.75. The lowest BCUT2D eigenvalue weighted by atomic mass is 9.65. The minimum Gasteiger partial charge on any atom is -0.366 e. The van der Waals surface area contributed by atoms with Gasteiger partial charge in [-0.25, -0.2) is 0 Å². The number of primary amides is 1. The summed E-state index contributed by atoms with van der Waals surface area (Å²) in [7, 11) is 0. The van der Waals surface area contributed by atoms with Crippen molar-refractivity contribution in [3.8, 4) is 0 Å². The highest BCUT2D eigenvalue weighted by Gasteiger charge is 2.51. The lowest BCUT2D eigenvalue weighted by Crippen LogP contribution is -2.37. The van der Waals surface area contributed by atoms with Crippen LogP contribution in [-0.4, -0.2) is 34.3 Å². The molecule has 2 unspecified atom stereocenters. The van der Waals surface area contributed by atoms with Gasteiger partial charge in [0.05, 0.1) is 5.56 Å². The van der Waals surface area contributed by atoms with Gasteiger partial charge in [-0.05, 0) is 42.2 Å². The maximum Gasteiger partial charge on any atom is 0.254 e. The van der Waals surface area contributed by atoms with Crippen molar-refractivity contribution in [1.82, 2.24) is 9.88 Å². The molecule has 132 valence electrons. The van der Waals surface area contributed by atoms with E-state index in [0.29, 0.717) is 17.2 Å². The van der Waals surface area contributed by atoms with Gasteiger partial charge in [0.15, 0.2) is 0 Å². The molecule has 5 nitrogen and oxygen atoms in total. The van der Waals surface area contributed by atoms with Gasteiger partial charge in [0.25, 0.3) is 11.8 Å². The van der Waals surface area contributed by atoms with Crippen LogP contribution in [0.4, 0.5) is 0 Å². The maximum atomic E-state index is 13.1. The molecule has 25 heavy (non-hydrogen) atoms. The standard InChI is InChI=1S/C20H25N3O2/c1-19(2)7-13-8-20(3,10-19)11-23(13)18(25)12-4-5-14-15(17(21)24)9-22-16(14)6-12/h4-6,9,13,22H,7-8,10-11H2,1-3H3,(H2,21,24). The van der Waals surface area contributed by atoms with Crippen LogP contribution in [0.3, 0.4) is 0 Å². The Kier molecular flexibility index (Phi) is 3.30. The normalized spacial score (nSPS) is 27.6. The first kappa shape index (κ1) is 16.2. The molecule has 2 heterocycles. The minimum atomic E-state index is -0.464. The van der Waals surface area contributed by atoms with Gasteiger partial charge in [0.2, 0.25) is 0 Å². The first-order valence-electron chi connectivity index (χ1n) is 8.89. The Morgan fingerprint density at radius 1 is 1.24 bits per heavy atom. The SMILES string of the molecule is CC1(C)CC2CC(C)(CN2C(=O)c2ccc3c(C(N)=O)c[nH]c3c2)C1. The predicted octanol–water partition coefficient (Wildman–Crippen LogP) is 3.31. The molecule has 2 bridgehead atoms. The average molecular weight is 339 g/mol. The highest BCUT2D eigenvalue weighted by Crippen LogP contribution is 2.52. The number of H-pyrrole nitrogens is 1. The van der Waals surface area contributed by atoms with Crippen LogP contribution in [0.15, 0.2) is 24.4 Å². The summed E-state index contributed by atoms with van der Waals surface area (Å²) in [4.78, 5) is 29.7. The lowest BCUT2D eigenvalue weighted by molar-refractivity contribution is 0.0708. The Morgan fingerprint density at radius 2 is 2.00 bits per heavy atom. The zero-order chi connectivity index (χ0) is 18.0. The van der Waals surface area contributed by atoms with E-state index in [4.69, 9.17) is 5.73 Å². The second-order valence-electron chi connectivity index (χ2n) is 8.97. The molecule has 4 rings (SSSR count). The third kappa shape index (κ3) is 2.62. The van der Waals surface area contributed by atoms with Crippen molar-refractivity contribution in [3.05, 3.63) is 35.5 Å². The van der Waals surface area contributed by atoms with Crippen molar-refractivity contribution in [1.29, 1.82) is 0 Å². The smallest absolute Gasteiger partial charge is 0.254 e. The first-order chi connectivity index (χ1) is 11.7. The molecule has 2 aliphatic rings. The predicted molar refractivity (Wildman–Crippen MR) is 97.4 cm³/mol. The van der Waals surface area contributed by atoms with E-state index in [1.165, 1.54) is 0 Å². The van der Waals surface area contributed by atoms with Gasteiger partial charge in [-0.3, -0.25) is 9.59 Å². The summed E-state index contributed by atoms with van der Waals surface area (Å²) in [6, 6.07) is 5.77. The number of carbonyl (C=O) groups is 2. The summed E-state index contributed by atoms with van der Waals surface area (Å²) >= 11 is 0. The fourth-order valence-electron chi connectivity index (χ4n) is 5.33. The number of hydrogen-bond acceptors (Lipinski definition) is 2. The minimum absolute atomic E-state index is 0.0866. The van der Waals surface area contributed by atoms with Crippen molar-refractivity contribution in [2.24, 2.45) is 16.6 Å². The van der Waals surface area contributed by atoms with Gasteiger partial charge >= 0.3 is 0 Å². The molecule has 1 aliphatic carbocycles. The number of rotatable bonds is 2. The van der Waals surface area contributed by atoms with E-state index in [1.54, 1.807) is 12.3 Å². The molecule has 3 N–H and O–H groups in total. The second-order valence-corrected chi connectivity index (χ2v) is 8.97. The van der Waals surface area contributed by atoms with Crippen LogP contribution in [0, 0.1) is 10.8 Å². The zero-order valence-electron chi connectivity index (χ0n) is 15.1. The molecule has 2 fully saturated rings. The van der Waals surface area contributed by atoms with Crippen molar-refractivity contribution in [2.75, 3.05) is 6.54 Å². The molecule has 2 atom stereocenters. The van der Waals surface area contributed by atoms with Crippen LogP contribution in [0.1, 0.15) is 60.7 Å². The summed E-state index contributed by atoms with van der Waals surface area (Å²) in [5, 5.41) is 0.761. The number of aromatic amines is 1. The Bertz CT molecular complexity index is 882. The highest BCUT2D eigenvalue weighted by atomic mass is 16.2. The maximum absolute atomic E-state index is 13.1. The number of amides is 2. The van der Waals surface area contributed by atoms with E-state index < -0.39 is 5.91 Å². The van der Waals surface area contributed by atoms with Crippen LogP contribution in [-0.2, 0) is 0 Å². The van der Waals surface area contributed by atoms with Gasteiger partial charge in [-0.1, -0.05) is 26.8 Å². The van der Waals surface area contributed by atoms with E-state index >= 15 is 0 Å². The van der Waals surface area contributed by atoms with E-state index in [2.05, 4.69) is 30.7 Å². The van der Waals surface area contributed by atoms with Gasteiger partial charge in [-0.2, -0.15) is 0 Å². The number of fused-ring (bicyclic) bond motifs is 3. The number of nitrogens with two attached hydrogens (primary N) is 1. The number of likely N-dealkylation sites (tertiary alicyclic amines) is 1. The fourth-order valence-corrected chi connectivity index (χ4v) is 5.33. The topological polar surface area (TPSA) is 79.2 Å². The zero-order valence-corrected chi connectivity index (χ0v) is 15.1. The summed E-state index contributed by atoms with van der Waals surface area (Å²) in [5.41, 5.74) is 7.79. The molecule has 1 aliphatic heterocycles. The molecule has 1 saturated carbocycles. The molecule has 1 saturated heterocycles. The third-order valence-corrected chi connectivity index (χ3v) is 5.87. The molecule has 1 aromatic heterocycles. The number of hydrogen-bond donors (Lipinski definition) is 2. The Balaban J connectivity index is 1.65. The Hall–Kier alpha value is -2.30. The quantitative estimate of drug-likeness (QED) is 0.880. The van der Waals surface area contributed by atoms with Crippen molar-refractivity contribution in [3.63, 3.8) is 0 Å². The van der Waals surface area contributed by atoms with Crippen LogP contribution in [0.5, 0.6) is 0 Å². The molecule has 1 aromatic carbocycles. The Labute approximate surface area is 147 Å². The van der Waals surface area contributed by atoms with Crippen LogP contribution in [0.2, 0.25) is 0 Å². The van der Waals surface area contributed by atoms with E-state index in [0.717, 1.165) is 36.7 Å². The highest BCUT2D eigenvalue weighted by molar-refractivity contribution is 6.07. The van der Waals surface area contributed by atoms with Crippen molar-refractivity contribution < 1.29 is 9.59 Å². The summed E-state index contributed by atoms with van der Waals surface area (Å²) in [5.74, 6) is -0.377. The summed E-state index contributed by atoms with van der Waals surface area (Å²) in [6.07, 6.45) is 4.93. The molecule has 2 aromatic rings. The average Bonchev–Trinajstić information content (AvgIpc) is 3.03. The molecule has 5 heteroatoms. The van der Waals surface area contributed by atoms with Gasteiger partial charge in [0, 0.05) is 35.2 Å². The fraction of sp³-hybridized carbons (Fsp3) is 0.500. The molecule has 2 amide bonds. The van der Waals surface area contributed by atoms with Crippen molar-refractivity contribution in [2.45, 2.75) is 46.1 Å². The number of benzene rings is 1. The van der Waals surface area contributed by atoms with Crippen molar-refractivity contribution >= 4 is 22.7 Å². The number of aromatic nitrogens is 1. The largest absolute Gasteiger partial charge is 0.366 e. The van der Waals surface area contributed by atoms with Crippen LogP contribution >= 0.6 is 0 Å². The van der Waals surface area contributed by atoms with Crippen LogP contribution in [0.25, 0.3) is 10.9 Å². The molecule has 0 radical (unpaired) electrons. The van der Waals surface area contributed by atoms with Gasteiger partial charge < -0.3 is 15.6 Å². The van der Waals surface area contributed by atoms with E-state index in [1.807, 2.05) is 12.1 Å². The lowest BCUT2D eigenvalue weighted by Gasteiger charge is -2.39. The number of carbonyl (C=O) groups excluding carboxylic acids is 2. The molecule has 0 spiro atoms. The van der Waals surface area contributed by atoms with Gasteiger partial charge in [-0.15, -0.1) is 0 Å². The second kappa shape index (κ2) is 5.10. The number of nitrogens with one attached hydrogen (secondary N) is 1. The third-order valence-electron chi connectivity index (χ3n) is 5.87. The summed E-state index contributed by atoms with van der Waals surface area (Å²) < 4.78 is 0. The van der Waals surface area contributed by atoms with Gasteiger partial charge in [0.1, 0.15) is 0 Å². The van der Waals surface area contributed by atoms with E-state index in [-0.39, 0.29) is 16.7 Å². The Morgan fingerprint density at radius 3 is 2.72 bits per heavy atom. The molecular formula is C20H25N3O2. The molecular weight excluding hydrogens is 314 g/mol. The number of nitrogens with zero attached hydrogens (tertiary/aromatic N) is 1. The monoisotopic (exact) mass is 339 g/mol.